The number of anilines is 1. The van der Waals surface area contributed by atoms with Gasteiger partial charge in [0.25, 0.3) is 0 Å². The molecule has 1 aromatic rings. The van der Waals surface area contributed by atoms with E-state index in [0.29, 0.717) is 24.0 Å². The zero-order chi connectivity index (χ0) is 19.1. The third-order valence-electron chi connectivity index (χ3n) is 4.30. The van der Waals surface area contributed by atoms with Crippen molar-refractivity contribution in [2.24, 2.45) is 0 Å². The summed E-state index contributed by atoms with van der Waals surface area (Å²) in [5.74, 6) is 0.405. The lowest BCUT2D eigenvalue weighted by Crippen LogP contribution is -2.48. The number of carbonyl (C=O) groups excluding carboxylic acids is 1. The van der Waals surface area contributed by atoms with Crippen LogP contribution in [0.15, 0.2) is 24.3 Å². The van der Waals surface area contributed by atoms with E-state index in [1.165, 1.54) is 5.56 Å². The summed E-state index contributed by atoms with van der Waals surface area (Å²) in [4.78, 5) is 14.3. The zero-order valence-corrected chi connectivity index (χ0v) is 16.9. The maximum Gasteiger partial charge on any atom is 0.239 e. The molecular weight excluding hydrogens is 348 g/mol. The van der Waals surface area contributed by atoms with Crippen molar-refractivity contribution < 1.29 is 9.53 Å². The summed E-state index contributed by atoms with van der Waals surface area (Å²) in [6.45, 7) is 10.9. The van der Waals surface area contributed by atoms with Gasteiger partial charge < -0.3 is 10.1 Å². The summed E-state index contributed by atoms with van der Waals surface area (Å²) in [6, 6.07) is 8.09. The van der Waals surface area contributed by atoms with Crippen molar-refractivity contribution in [2.75, 3.05) is 25.0 Å². The van der Waals surface area contributed by atoms with Gasteiger partial charge in [-0.2, -0.15) is 0 Å². The number of hydrazine groups is 1. The number of thiocarbonyl (C=S) groups is 1. The van der Waals surface area contributed by atoms with Crippen LogP contribution in [0.4, 0.5) is 5.69 Å². The number of hydrogen-bond acceptors (Lipinski definition) is 4. The van der Waals surface area contributed by atoms with Crippen LogP contribution in [0.1, 0.15) is 45.6 Å². The van der Waals surface area contributed by atoms with Crippen LogP contribution in [-0.4, -0.2) is 47.8 Å². The normalized spacial score (nSPS) is 20.7. The average molecular weight is 379 g/mol. The van der Waals surface area contributed by atoms with Crippen molar-refractivity contribution in [1.29, 1.82) is 0 Å². The first-order chi connectivity index (χ1) is 12.3. The zero-order valence-electron chi connectivity index (χ0n) is 16.0. The minimum atomic E-state index is -0.0869. The van der Waals surface area contributed by atoms with Crippen molar-refractivity contribution in [2.45, 2.75) is 52.2 Å². The van der Waals surface area contributed by atoms with E-state index < -0.39 is 0 Å². The van der Waals surface area contributed by atoms with Gasteiger partial charge in [0, 0.05) is 31.7 Å². The molecule has 0 aliphatic carbocycles. The van der Waals surface area contributed by atoms with Crippen LogP contribution in [0.5, 0.6) is 0 Å². The number of nitrogens with zero attached hydrogens (tertiary/aromatic N) is 1. The Labute approximate surface area is 161 Å². The maximum atomic E-state index is 12.0. The van der Waals surface area contributed by atoms with E-state index >= 15 is 0 Å². The molecule has 1 fully saturated rings. The second-order valence-corrected chi connectivity index (χ2v) is 7.58. The molecule has 6 nitrogen and oxygen atoms in total. The Kier molecular flexibility index (Phi) is 7.81. The molecule has 1 aliphatic heterocycles. The first kappa shape index (κ1) is 20.6. The van der Waals surface area contributed by atoms with E-state index in [-0.39, 0.29) is 18.1 Å². The molecule has 0 spiro atoms. The van der Waals surface area contributed by atoms with Crippen molar-refractivity contribution in [3.63, 3.8) is 0 Å². The molecule has 1 amide bonds. The average Bonchev–Trinajstić information content (AvgIpc) is 2.58. The largest absolute Gasteiger partial charge is 0.373 e. The van der Waals surface area contributed by atoms with E-state index in [4.69, 9.17) is 17.0 Å². The highest BCUT2D eigenvalue weighted by molar-refractivity contribution is 7.80. The van der Waals surface area contributed by atoms with Crippen molar-refractivity contribution in [3.8, 4) is 0 Å². The summed E-state index contributed by atoms with van der Waals surface area (Å²) in [6.07, 6.45) is 0.829. The van der Waals surface area contributed by atoms with E-state index in [9.17, 15) is 4.79 Å². The summed E-state index contributed by atoms with van der Waals surface area (Å²) in [5, 5.41) is 3.42. The summed E-state index contributed by atoms with van der Waals surface area (Å²) in [5.41, 5.74) is 7.55. The van der Waals surface area contributed by atoms with Crippen LogP contribution in [0.3, 0.4) is 0 Å². The van der Waals surface area contributed by atoms with Crippen LogP contribution in [0.2, 0.25) is 0 Å². The standard InChI is InChI=1S/C19H30N4O2S/c1-13(2)16-5-7-17(8-6-16)20-19(26)22-21-18(24)9-10-23-11-14(3)25-15(4)12-23/h5-8,13-15H,9-12H2,1-4H3,(H,21,24)(H2,20,22,26)/t14-,15-/m0/s1. The van der Waals surface area contributed by atoms with E-state index in [2.05, 4.69) is 60.9 Å². The summed E-state index contributed by atoms with van der Waals surface area (Å²) in [7, 11) is 0. The Morgan fingerprint density at radius 1 is 1.19 bits per heavy atom. The van der Waals surface area contributed by atoms with Crippen LogP contribution < -0.4 is 16.2 Å². The first-order valence-electron chi connectivity index (χ1n) is 9.17. The van der Waals surface area contributed by atoms with Crippen LogP contribution >= 0.6 is 12.2 Å². The lowest BCUT2D eigenvalue weighted by molar-refractivity contribution is -0.123. The molecule has 26 heavy (non-hydrogen) atoms. The highest BCUT2D eigenvalue weighted by Crippen LogP contribution is 2.17. The number of hydrogen-bond donors (Lipinski definition) is 3. The lowest BCUT2D eigenvalue weighted by Gasteiger charge is -2.35. The fourth-order valence-corrected chi connectivity index (χ4v) is 3.20. The molecule has 7 heteroatoms. The summed E-state index contributed by atoms with van der Waals surface area (Å²) < 4.78 is 5.70. The molecule has 2 atom stereocenters. The Hall–Kier alpha value is -1.70. The van der Waals surface area contributed by atoms with Gasteiger partial charge in [-0.25, -0.2) is 0 Å². The molecule has 144 valence electrons. The van der Waals surface area contributed by atoms with Crippen LogP contribution in [0.25, 0.3) is 0 Å². The molecular formula is C19H30N4O2S. The molecule has 1 heterocycles. The van der Waals surface area contributed by atoms with Gasteiger partial charge in [-0.3, -0.25) is 20.5 Å². The molecule has 3 N–H and O–H groups in total. The minimum absolute atomic E-state index is 0.0869. The second kappa shape index (κ2) is 9.85. The minimum Gasteiger partial charge on any atom is -0.373 e. The molecule has 0 bridgehead atoms. The van der Waals surface area contributed by atoms with E-state index in [1.807, 2.05) is 12.1 Å². The SMILES string of the molecule is CC(C)c1ccc(NC(=S)NNC(=O)CCN2C[C@H](C)O[C@@H](C)C2)cc1. The van der Waals surface area contributed by atoms with Gasteiger partial charge in [0.2, 0.25) is 5.91 Å². The predicted octanol–water partition coefficient (Wildman–Crippen LogP) is 2.63. The van der Waals surface area contributed by atoms with Crippen LogP contribution in [0, 0.1) is 0 Å². The predicted molar refractivity (Wildman–Crippen MR) is 109 cm³/mol. The van der Waals surface area contributed by atoms with Gasteiger partial charge in [-0.15, -0.1) is 0 Å². The molecule has 1 aromatic carbocycles. The monoisotopic (exact) mass is 378 g/mol. The lowest BCUT2D eigenvalue weighted by atomic mass is 10.0. The fraction of sp³-hybridized carbons (Fsp3) is 0.579. The Morgan fingerprint density at radius 3 is 2.38 bits per heavy atom. The van der Waals surface area contributed by atoms with Gasteiger partial charge in [0.05, 0.1) is 12.2 Å². The molecule has 2 rings (SSSR count). The van der Waals surface area contributed by atoms with Crippen molar-refractivity contribution in [1.82, 2.24) is 15.8 Å². The third kappa shape index (κ3) is 6.90. The van der Waals surface area contributed by atoms with Crippen LogP contribution in [-0.2, 0) is 9.53 Å². The topological polar surface area (TPSA) is 65.6 Å². The number of morpholine rings is 1. The Bertz CT molecular complexity index is 596. The number of amides is 1. The van der Waals surface area contributed by atoms with Gasteiger partial charge in [0.15, 0.2) is 5.11 Å². The summed E-state index contributed by atoms with van der Waals surface area (Å²) >= 11 is 5.22. The smallest absolute Gasteiger partial charge is 0.239 e. The highest BCUT2D eigenvalue weighted by Gasteiger charge is 2.22. The molecule has 1 aliphatic rings. The number of ether oxygens (including phenoxy) is 1. The number of rotatable bonds is 5. The fourth-order valence-electron chi connectivity index (χ4n) is 3.03. The van der Waals surface area contributed by atoms with Crippen molar-refractivity contribution in [3.05, 3.63) is 29.8 Å². The molecule has 1 saturated heterocycles. The number of nitrogens with one attached hydrogen (secondary N) is 3. The van der Waals surface area contributed by atoms with E-state index in [0.717, 1.165) is 18.8 Å². The first-order valence-corrected chi connectivity index (χ1v) is 9.58. The van der Waals surface area contributed by atoms with Crippen molar-refractivity contribution >= 4 is 28.9 Å². The maximum absolute atomic E-state index is 12.0. The number of benzene rings is 1. The van der Waals surface area contributed by atoms with E-state index in [1.54, 1.807) is 0 Å². The second-order valence-electron chi connectivity index (χ2n) is 7.17. The molecule has 0 unspecified atom stereocenters. The highest BCUT2D eigenvalue weighted by atomic mass is 32.1. The Morgan fingerprint density at radius 2 is 1.81 bits per heavy atom. The Balaban J connectivity index is 1.67. The molecule has 0 saturated carbocycles. The molecule has 0 aromatic heterocycles. The van der Waals surface area contributed by atoms with Gasteiger partial charge in [0.1, 0.15) is 0 Å². The third-order valence-corrected chi connectivity index (χ3v) is 4.51. The van der Waals surface area contributed by atoms with Gasteiger partial charge in [-0.05, 0) is 49.7 Å². The van der Waals surface area contributed by atoms with Gasteiger partial charge >= 0.3 is 0 Å². The molecule has 0 radical (unpaired) electrons. The van der Waals surface area contributed by atoms with Gasteiger partial charge in [-0.1, -0.05) is 26.0 Å². The quantitative estimate of drug-likeness (QED) is 0.541. The number of carbonyl (C=O) groups is 1.